The van der Waals surface area contributed by atoms with Crippen LogP contribution in [0.2, 0.25) is 0 Å². The van der Waals surface area contributed by atoms with Gasteiger partial charge in [0, 0.05) is 36.0 Å². The van der Waals surface area contributed by atoms with Crippen molar-refractivity contribution in [2.24, 2.45) is 0 Å². The van der Waals surface area contributed by atoms with E-state index in [0.29, 0.717) is 0 Å². The lowest BCUT2D eigenvalue weighted by Gasteiger charge is -2.31. The highest BCUT2D eigenvalue weighted by molar-refractivity contribution is 7.99. The van der Waals surface area contributed by atoms with E-state index in [0.717, 1.165) is 31.9 Å². The standard InChI is InChI=1S/C17H20N2OS/c1-20-14-5-4-6-15(13-14)21-17-8-3-2-7-16(17)19-11-9-18-10-12-19/h2-8,13,18H,9-12H2,1H3. The van der Waals surface area contributed by atoms with Gasteiger partial charge < -0.3 is 15.0 Å². The average molecular weight is 300 g/mol. The number of hydrogen-bond donors (Lipinski definition) is 1. The second kappa shape index (κ2) is 6.87. The molecule has 110 valence electrons. The predicted octanol–water partition coefficient (Wildman–Crippen LogP) is 3.26. The predicted molar refractivity (Wildman–Crippen MR) is 88.6 cm³/mol. The van der Waals surface area contributed by atoms with Crippen LogP contribution < -0.4 is 15.0 Å². The van der Waals surface area contributed by atoms with E-state index in [1.54, 1.807) is 18.9 Å². The Morgan fingerprint density at radius 2 is 1.86 bits per heavy atom. The molecule has 1 N–H and O–H groups in total. The van der Waals surface area contributed by atoms with Crippen molar-refractivity contribution in [3.63, 3.8) is 0 Å². The van der Waals surface area contributed by atoms with E-state index in [1.165, 1.54) is 15.5 Å². The molecule has 0 unspecified atom stereocenters. The number of piperazine rings is 1. The zero-order valence-corrected chi connectivity index (χ0v) is 13.0. The first-order valence-electron chi connectivity index (χ1n) is 7.23. The van der Waals surface area contributed by atoms with Gasteiger partial charge in [0.1, 0.15) is 5.75 Å². The third-order valence-corrected chi connectivity index (χ3v) is 4.65. The quantitative estimate of drug-likeness (QED) is 0.937. The zero-order valence-electron chi connectivity index (χ0n) is 12.2. The number of nitrogens with zero attached hydrogens (tertiary/aromatic N) is 1. The fourth-order valence-corrected chi connectivity index (χ4v) is 3.53. The molecule has 1 fully saturated rings. The van der Waals surface area contributed by atoms with Gasteiger partial charge in [0.15, 0.2) is 0 Å². The summed E-state index contributed by atoms with van der Waals surface area (Å²) in [6.07, 6.45) is 0. The van der Waals surface area contributed by atoms with Gasteiger partial charge in [0.05, 0.1) is 12.8 Å². The van der Waals surface area contributed by atoms with Crippen LogP contribution in [-0.4, -0.2) is 33.3 Å². The minimum atomic E-state index is 0.902. The van der Waals surface area contributed by atoms with Crippen LogP contribution in [0, 0.1) is 0 Å². The van der Waals surface area contributed by atoms with E-state index in [1.807, 2.05) is 12.1 Å². The molecule has 21 heavy (non-hydrogen) atoms. The summed E-state index contributed by atoms with van der Waals surface area (Å²) < 4.78 is 5.31. The smallest absolute Gasteiger partial charge is 0.119 e. The van der Waals surface area contributed by atoms with Gasteiger partial charge in [0.2, 0.25) is 0 Å². The van der Waals surface area contributed by atoms with Gasteiger partial charge in [-0.2, -0.15) is 0 Å². The number of nitrogens with one attached hydrogen (secondary N) is 1. The van der Waals surface area contributed by atoms with Crippen LogP contribution in [0.15, 0.2) is 58.3 Å². The third kappa shape index (κ3) is 3.52. The van der Waals surface area contributed by atoms with Crippen LogP contribution in [0.1, 0.15) is 0 Å². The molecule has 2 aromatic carbocycles. The van der Waals surface area contributed by atoms with Crippen LogP contribution in [0.4, 0.5) is 5.69 Å². The molecule has 0 bridgehead atoms. The van der Waals surface area contributed by atoms with E-state index in [-0.39, 0.29) is 0 Å². The van der Waals surface area contributed by atoms with Crippen LogP contribution in [-0.2, 0) is 0 Å². The zero-order chi connectivity index (χ0) is 14.5. The number of methoxy groups -OCH3 is 1. The number of ether oxygens (including phenoxy) is 1. The molecule has 1 heterocycles. The average Bonchev–Trinajstić information content (AvgIpc) is 2.56. The Kier molecular flexibility index (Phi) is 4.68. The first-order valence-corrected chi connectivity index (χ1v) is 8.05. The molecule has 3 nitrogen and oxygen atoms in total. The fourth-order valence-electron chi connectivity index (χ4n) is 2.50. The Morgan fingerprint density at radius 1 is 1.05 bits per heavy atom. The second-order valence-electron chi connectivity index (χ2n) is 4.99. The molecule has 1 saturated heterocycles. The minimum Gasteiger partial charge on any atom is -0.497 e. The highest BCUT2D eigenvalue weighted by Gasteiger charge is 2.14. The van der Waals surface area contributed by atoms with Gasteiger partial charge in [-0.1, -0.05) is 30.0 Å². The summed E-state index contributed by atoms with van der Waals surface area (Å²) in [5, 5.41) is 3.40. The van der Waals surface area contributed by atoms with Gasteiger partial charge in [-0.3, -0.25) is 0 Å². The van der Waals surface area contributed by atoms with E-state index in [9.17, 15) is 0 Å². The number of para-hydroxylation sites is 1. The monoisotopic (exact) mass is 300 g/mol. The summed E-state index contributed by atoms with van der Waals surface area (Å²) in [5.74, 6) is 0.902. The van der Waals surface area contributed by atoms with Gasteiger partial charge in [-0.25, -0.2) is 0 Å². The molecule has 0 aliphatic carbocycles. The van der Waals surface area contributed by atoms with E-state index in [4.69, 9.17) is 4.74 Å². The van der Waals surface area contributed by atoms with Crippen LogP contribution >= 0.6 is 11.8 Å². The van der Waals surface area contributed by atoms with Crippen molar-refractivity contribution in [3.8, 4) is 5.75 Å². The first kappa shape index (κ1) is 14.3. The first-order chi connectivity index (χ1) is 10.4. The SMILES string of the molecule is COc1cccc(Sc2ccccc2N2CCNCC2)c1. The van der Waals surface area contributed by atoms with Crippen molar-refractivity contribution in [1.29, 1.82) is 0 Å². The molecule has 0 atom stereocenters. The molecule has 0 saturated carbocycles. The van der Waals surface area contributed by atoms with Crippen LogP contribution in [0.25, 0.3) is 0 Å². The van der Waals surface area contributed by atoms with E-state index in [2.05, 4.69) is 46.6 Å². The Bertz CT molecular complexity index is 597. The molecule has 2 aromatic rings. The molecule has 0 radical (unpaired) electrons. The normalized spacial score (nSPS) is 15.0. The Balaban J connectivity index is 1.84. The lowest BCUT2D eigenvalue weighted by Crippen LogP contribution is -2.43. The number of anilines is 1. The maximum absolute atomic E-state index is 5.31. The highest BCUT2D eigenvalue weighted by Crippen LogP contribution is 2.36. The molecular formula is C17H20N2OS. The van der Waals surface area contributed by atoms with Gasteiger partial charge >= 0.3 is 0 Å². The Morgan fingerprint density at radius 3 is 2.67 bits per heavy atom. The van der Waals surface area contributed by atoms with Gasteiger partial charge in [-0.05, 0) is 30.3 Å². The summed E-state index contributed by atoms with van der Waals surface area (Å²) >= 11 is 1.80. The van der Waals surface area contributed by atoms with Crippen molar-refractivity contribution >= 4 is 17.4 Å². The van der Waals surface area contributed by atoms with Gasteiger partial charge in [0.25, 0.3) is 0 Å². The minimum absolute atomic E-state index is 0.902. The highest BCUT2D eigenvalue weighted by atomic mass is 32.2. The summed E-state index contributed by atoms with van der Waals surface area (Å²) in [6, 6.07) is 16.9. The molecule has 0 amide bonds. The van der Waals surface area contributed by atoms with E-state index >= 15 is 0 Å². The largest absolute Gasteiger partial charge is 0.497 e. The molecule has 0 aromatic heterocycles. The maximum atomic E-state index is 5.31. The summed E-state index contributed by atoms with van der Waals surface area (Å²) in [7, 11) is 1.71. The van der Waals surface area contributed by atoms with E-state index < -0.39 is 0 Å². The molecule has 4 heteroatoms. The summed E-state index contributed by atoms with van der Waals surface area (Å²) in [4.78, 5) is 4.96. The molecule has 1 aliphatic heterocycles. The van der Waals surface area contributed by atoms with Crippen LogP contribution in [0.5, 0.6) is 5.75 Å². The lowest BCUT2D eigenvalue weighted by atomic mass is 10.2. The lowest BCUT2D eigenvalue weighted by molar-refractivity contribution is 0.413. The van der Waals surface area contributed by atoms with Crippen molar-refractivity contribution < 1.29 is 4.74 Å². The van der Waals surface area contributed by atoms with Crippen molar-refractivity contribution in [3.05, 3.63) is 48.5 Å². The number of rotatable bonds is 4. The summed E-state index contributed by atoms with van der Waals surface area (Å²) in [5.41, 5.74) is 1.33. The fraction of sp³-hybridized carbons (Fsp3) is 0.294. The molecule has 3 rings (SSSR count). The topological polar surface area (TPSA) is 24.5 Å². The summed E-state index contributed by atoms with van der Waals surface area (Å²) in [6.45, 7) is 4.24. The molecule has 0 spiro atoms. The van der Waals surface area contributed by atoms with Crippen molar-refractivity contribution in [2.45, 2.75) is 9.79 Å². The number of hydrogen-bond acceptors (Lipinski definition) is 4. The van der Waals surface area contributed by atoms with Crippen molar-refractivity contribution in [1.82, 2.24) is 5.32 Å². The molecule has 1 aliphatic rings. The molecular weight excluding hydrogens is 280 g/mol. The third-order valence-electron chi connectivity index (χ3n) is 3.59. The Labute approximate surface area is 130 Å². The van der Waals surface area contributed by atoms with Crippen molar-refractivity contribution in [2.75, 3.05) is 38.2 Å². The Hall–Kier alpha value is -1.65. The maximum Gasteiger partial charge on any atom is 0.119 e. The van der Waals surface area contributed by atoms with Crippen LogP contribution in [0.3, 0.4) is 0 Å². The van der Waals surface area contributed by atoms with Gasteiger partial charge in [-0.15, -0.1) is 0 Å². The number of benzene rings is 2. The second-order valence-corrected chi connectivity index (χ2v) is 6.10.